The monoisotopic (exact) mass is 498 g/mol. The molecule has 1 amide bonds. The van der Waals surface area contributed by atoms with E-state index in [4.69, 9.17) is 11.6 Å². The van der Waals surface area contributed by atoms with Crippen molar-refractivity contribution in [3.8, 4) is 0 Å². The molecule has 34 heavy (non-hydrogen) atoms. The fourth-order valence-corrected chi connectivity index (χ4v) is 9.67. The fraction of sp³-hybridized carbons (Fsp3) is 0.519. The third-order valence-electron chi connectivity index (χ3n) is 8.96. The van der Waals surface area contributed by atoms with Crippen LogP contribution in [0.15, 0.2) is 47.4 Å². The molecule has 0 saturated heterocycles. The number of fused-ring (bicyclic) bond motifs is 1. The van der Waals surface area contributed by atoms with Crippen LogP contribution in [-0.4, -0.2) is 26.9 Å². The van der Waals surface area contributed by atoms with Crippen LogP contribution in [0.5, 0.6) is 0 Å². The van der Waals surface area contributed by atoms with Gasteiger partial charge in [-0.3, -0.25) is 9.10 Å². The van der Waals surface area contributed by atoms with Crippen LogP contribution in [0.2, 0.25) is 5.02 Å². The molecule has 4 saturated carbocycles. The molecule has 2 aromatic rings. The maximum absolute atomic E-state index is 13.6. The van der Waals surface area contributed by atoms with Gasteiger partial charge in [-0.1, -0.05) is 29.8 Å². The molecule has 0 aromatic heterocycles. The number of benzene rings is 2. The van der Waals surface area contributed by atoms with Gasteiger partial charge in [-0.2, -0.15) is 0 Å². The maximum Gasteiger partial charge on any atom is 0.265 e. The maximum atomic E-state index is 13.6. The lowest BCUT2D eigenvalue weighted by Gasteiger charge is -2.59. The van der Waals surface area contributed by atoms with Gasteiger partial charge in [-0.15, -0.1) is 0 Å². The van der Waals surface area contributed by atoms with Gasteiger partial charge >= 0.3 is 0 Å². The minimum absolute atomic E-state index is 0.0130. The lowest BCUT2D eigenvalue weighted by atomic mass is 9.48. The van der Waals surface area contributed by atoms with E-state index in [2.05, 4.69) is 12.2 Å². The average Bonchev–Trinajstić information content (AvgIpc) is 3.23. The van der Waals surface area contributed by atoms with Crippen LogP contribution in [0.25, 0.3) is 0 Å². The van der Waals surface area contributed by atoms with Gasteiger partial charge in [-0.05, 0) is 105 Å². The number of amides is 1. The Balaban J connectivity index is 1.25. The molecule has 1 N–H and O–H groups in total. The van der Waals surface area contributed by atoms with Gasteiger partial charge in [0.15, 0.2) is 0 Å². The highest BCUT2D eigenvalue weighted by Gasteiger charge is 2.53. The Labute approximate surface area is 206 Å². The summed E-state index contributed by atoms with van der Waals surface area (Å²) in [4.78, 5) is 13.3. The van der Waals surface area contributed by atoms with Crippen molar-refractivity contribution in [2.75, 3.05) is 10.8 Å². The first-order chi connectivity index (χ1) is 16.2. The molecule has 7 rings (SSSR count). The molecule has 1 atom stereocenters. The first-order valence-electron chi connectivity index (χ1n) is 12.5. The zero-order chi connectivity index (χ0) is 23.7. The van der Waals surface area contributed by atoms with E-state index < -0.39 is 10.0 Å². The molecular weight excluding hydrogens is 468 g/mol. The smallest absolute Gasteiger partial charge is 0.265 e. The van der Waals surface area contributed by atoms with Gasteiger partial charge in [0.2, 0.25) is 0 Å². The predicted molar refractivity (Wildman–Crippen MR) is 134 cm³/mol. The minimum Gasteiger partial charge on any atom is -0.349 e. The van der Waals surface area contributed by atoms with Crippen molar-refractivity contribution in [1.82, 2.24) is 5.32 Å². The van der Waals surface area contributed by atoms with E-state index in [9.17, 15) is 13.2 Å². The zero-order valence-electron chi connectivity index (χ0n) is 19.5. The van der Waals surface area contributed by atoms with Crippen LogP contribution < -0.4 is 9.62 Å². The molecule has 7 heteroatoms. The molecule has 180 valence electrons. The molecule has 0 spiro atoms. The summed E-state index contributed by atoms with van der Waals surface area (Å²) in [7, 11) is -3.88. The lowest BCUT2D eigenvalue weighted by molar-refractivity contribution is -0.0688. The van der Waals surface area contributed by atoms with Gasteiger partial charge in [0.25, 0.3) is 15.9 Å². The number of rotatable bonds is 5. The highest BCUT2D eigenvalue weighted by molar-refractivity contribution is 7.93. The van der Waals surface area contributed by atoms with E-state index in [1.807, 2.05) is 24.3 Å². The topological polar surface area (TPSA) is 66.5 Å². The van der Waals surface area contributed by atoms with Crippen LogP contribution in [0.4, 0.5) is 5.69 Å². The van der Waals surface area contributed by atoms with E-state index in [-0.39, 0.29) is 27.3 Å². The Hall–Kier alpha value is -2.05. The van der Waals surface area contributed by atoms with Gasteiger partial charge in [0, 0.05) is 18.2 Å². The Morgan fingerprint density at radius 3 is 2.38 bits per heavy atom. The van der Waals surface area contributed by atoms with Crippen molar-refractivity contribution in [3.05, 3.63) is 58.6 Å². The predicted octanol–water partition coefficient (Wildman–Crippen LogP) is 5.43. The standard InChI is InChI=1S/C27H31ClN2O3S/c1-17(27-14-18-10-19(15-27)12-20(11-18)16-27)29-26(31)22-6-7-23(28)25(13-22)34(32,33)30-9-8-21-4-2-3-5-24(21)30/h2-7,13,17-20H,8-12,14-16H2,1H3,(H,29,31). The van der Waals surface area contributed by atoms with Crippen molar-refractivity contribution in [1.29, 1.82) is 0 Å². The molecule has 4 aliphatic carbocycles. The van der Waals surface area contributed by atoms with Crippen LogP contribution in [0, 0.1) is 23.2 Å². The van der Waals surface area contributed by atoms with Crippen molar-refractivity contribution in [2.24, 2.45) is 23.2 Å². The number of sulfonamides is 1. The Bertz CT molecular complexity index is 1220. The number of carbonyl (C=O) groups is 1. The second-order valence-corrected chi connectivity index (χ2v) is 13.3. The van der Waals surface area contributed by atoms with Crippen molar-refractivity contribution in [3.63, 3.8) is 0 Å². The number of carbonyl (C=O) groups excluding carboxylic acids is 1. The third kappa shape index (κ3) is 3.56. The highest BCUT2D eigenvalue weighted by Crippen LogP contribution is 2.61. The Kier molecular flexibility index (Phi) is 5.27. The van der Waals surface area contributed by atoms with Crippen LogP contribution in [-0.2, 0) is 16.4 Å². The van der Waals surface area contributed by atoms with Gasteiger partial charge in [0.05, 0.1) is 10.7 Å². The summed E-state index contributed by atoms with van der Waals surface area (Å²) in [6.07, 6.45) is 8.35. The first kappa shape index (κ1) is 22.4. The Morgan fingerprint density at radius 2 is 1.71 bits per heavy atom. The number of halogens is 1. The molecule has 4 fully saturated rings. The van der Waals surface area contributed by atoms with Crippen molar-refractivity contribution in [2.45, 2.75) is 62.8 Å². The molecular formula is C27H31ClN2O3S. The third-order valence-corrected chi connectivity index (χ3v) is 11.3. The molecule has 1 aliphatic heterocycles. The van der Waals surface area contributed by atoms with E-state index in [1.165, 1.54) is 55.0 Å². The molecule has 0 radical (unpaired) electrons. The van der Waals surface area contributed by atoms with E-state index in [0.717, 1.165) is 23.3 Å². The summed E-state index contributed by atoms with van der Waals surface area (Å²) >= 11 is 6.37. The number of hydrogen-bond acceptors (Lipinski definition) is 3. The molecule has 1 unspecified atom stereocenters. The van der Waals surface area contributed by atoms with Crippen LogP contribution >= 0.6 is 11.6 Å². The first-order valence-corrected chi connectivity index (χ1v) is 14.3. The van der Waals surface area contributed by atoms with Crippen LogP contribution in [0.1, 0.15) is 61.4 Å². The summed E-state index contributed by atoms with van der Waals surface area (Å²) < 4.78 is 28.5. The quantitative estimate of drug-likeness (QED) is 0.598. The van der Waals surface area contributed by atoms with Crippen LogP contribution in [0.3, 0.4) is 0 Å². The fourth-order valence-electron chi connectivity index (χ4n) is 7.66. The van der Waals surface area contributed by atoms with Gasteiger partial charge < -0.3 is 5.32 Å². The highest BCUT2D eigenvalue weighted by atomic mass is 35.5. The number of nitrogens with one attached hydrogen (secondary N) is 1. The summed E-state index contributed by atoms with van der Waals surface area (Å²) in [5, 5.41) is 3.38. The van der Waals surface area contributed by atoms with Crippen molar-refractivity contribution < 1.29 is 13.2 Å². The van der Waals surface area contributed by atoms with E-state index in [0.29, 0.717) is 24.2 Å². The second-order valence-electron chi connectivity index (χ2n) is 11.1. The lowest BCUT2D eigenvalue weighted by Crippen LogP contribution is -2.55. The zero-order valence-corrected chi connectivity index (χ0v) is 21.0. The molecule has 1 heterocycles. The average molecular weight is 499 g/mol. The summed E-state index contributed by atoms with van der Waals surface area (Å²) in [6.45, 7) is 2.51. The van der Waals surface area contributed by atoms with E-state index >= 15 is 0 Å². The van der Waals surface area contributed by atoms with E-state index in [1.54, 1.807) is 6.07 Å². The Morgan fingerprint density at radius 1 is 1.06 bits per heavy atom. The van der Waals surface area contributed by atoms with Gasteiger partial charge in [0.1, 0.15) is 4.90 Å². The largest absolute Gasteiger partial charge is 0.349 e. The number of hydrogen-bond donors (Lipinski definition) is 1. The number of anilines is 1. The minimum atomic E-state index is -3.88. The molecule has 5 nitrogen and oxygen atoms in total. The molecule has 2 aromatic carbocycles. The molecule has 5 aliphatic rings. The summed E-state index contributed by atoms with van der Waals surface area (Å²) in [5.74, 6) is 2.20. The van der Waals surface area contributed by atoms with Gasteiger partial charge in [-0.25, -0.2) is 8.42 Å². The van der Waals surface area contributed by atoms with Crippen molar-refractivity contribution >= 4 is 33.2 Å². The molecule has 4 bridgehead atoms. The second kappa shape index (κ2) is 7.99. The SMILES string of the molecule is CC(NC(=O)c1ccc(Cl)c(S(=O)(=O)N2CCc3ccccc32)c1)C12CC3CC(CC(C3)C1)C2. The number of para-hydroxylation sites is 1. The normalized spacial score (nSPS) is 30.3. The summed E-state index contributed by atoms with van der Waals surface area (Å²) in [6, 6.07) is 12.2. The number of nitrogens with zero attached hydrogens (tertiary/aromatic N) is 1. The summed E-state index contributed by atoms with van der Waals surface area (Å²) in [5.41, 5.74) is 2.21.